The summed E-state index contributed by atoms with van der Waals surface area (Å²) >= 11 is 2.01. The zero-order chi connectivity index (χ0) is 15.3. The Labute approximate surface area is 138 Å². The molecule has 6 heteroatoms. The van der Waals surface area contributed by atoms with Gasteiger partial charge in [0.1, 0.15) is 0 Å². The summed E-state index contributed by atoms with van der Waals surface area (Å²) in [6, 6.07) is 0. The van der Waals surface area contributed by atoms with Gasteiger partial charge in [0.15, 0.2) is 5.96 Å². The van der Waals surface area contributed by atoms with Crippen LogP contribution < -0.4 is 5.73 Å². The Bertz CT molecular complexity index is 372. The predicted molar refractivity (Wildman–Crippen MR) is 93.6 cm³/mol. The second-order valence-electron chi connectivity index (χ2n) is 6.66. The van der Waals surface area contributed by atoms with Gasteiger partial charge in [-0.15, -0.1) is 0 Å². The fraction of sp³-hybridized carbons (Fsp3) is 0.938. The zero-order valence-corrected chi connectivity index (χ0v) is 14.5. The minimum Gasteiger partial charge on any atom is -0.379 e. The van der Waals surface area contributed by atoms with Crippen LogP contribution in [-0.2, 0) is 4.74 Å². The number of hydrogen-bond donors (Lipinski definition) is 1. The van der Waals surface area contributed by atoms with E-state index in [1.54, 1.807) is 0 Å². The number of morpholine rings is 1. The molecule has 0 aromatic carbocycles. The molecular weight excluding hydrogens is 296 g/mol. The van der Waals surface area contributed by atoms with Crippen LogP contribution in [0.25, 0.3) is 0 Å². The number of hydrogen-bond acceptors (Lipinski definition) is 4. The summed E-state index contributed by atoms with van der Waals surface area (Å²) in [5.74, 6) is 3.11. The van der Waals surface area contributed by atoms with Gasteiger partial charge in [0, 0.05) is 43.2 Å². The predicted octanol–water partition coefficient (Wildman–Crippen LogP) is 1.38. The maximum atomic E-state index is 6.28. The van der Waals surface area contributed by atoms with E-state index in [9.17, 15) is 0 Å². The number of aliphatic imine (C=N–C) groups is 1. The van der Waals surface area contributed by atoms with Crippen molar-refractivity contribution in [2.45, 2.75) is 37.6 Å². The molecule has 2 saturated heterocycles. The first kappa shape index (κ1) is 16.4. The second kappa shape index (κ2) is 7.88. The monoisotopic (exact) mass is 326 g/mol. The van der Waals surface area contributed by atoms with E-state index in [1.807, 2.05) is 11.8 Å². The molecule has 3 rings (SSSR count). The smallest absolute Gasteiger partial charge is 0.191 e. The van der Waals surface area contributed by atoms with Gasteiger partial charge in [-0.2, -0.15) is 11.8 Å². The fourth-order valence-corrected chi connectivity index (χ4v) is 4.85. The number of guanidine groups is 1. The first-order valence-corrected chi connectivity index (χ1v) is 9.91. The molecule has 2 aliphatic heterocycles. The highest BCUT2D eigenvalue weighted by molar-refractivity contribution is 7.99. The molecule has 22 heavy (non-hydrogen) atoms. The van der Waals surface area contributed by atoms with Crippen molar-refractivity contribution >= 4 is 17.7 Å². The molecule has 1 aliphatic carbocycles. The topological polar surface area (TPSA) is 54.1 Å². The van der Waals surface area contributed by atoms with Gasteiger partial charge >= 0.3 is 0 Å². The van der Waals surface area contributed by atoms with E-state index in [0.29, 0.717) is 0 Å². The Kier molecular flexibility index (Phi) is 5.88. The van der Waals surface area contributed by atoms with Crippen LogP contribution in [0.15, 0.2) is 4.99 Å². The van der Waals surface area contributed by atoms with Crippen LogP contribution in [0.4, 0.5) is 0 Å². The van der Waals surface area contributed by atoms with E-state index >= 15 is 0 Å². The van der Waals surface area contributed by atoms with Gasteiger partial charge < -0.3 is 15.4 Å². The largest absolute Gasteiger partial charge is 0.379 e. The van der Waals surface area contributed by atoms with Crippen molar-refractivity contribution in [3.05, 3.63) is 0 Å². The average molecular weight is 327 g/mol. The Morgan fingerprint density at radius 3 is 2.41 bits per heavy atom. The summed E-state index contributed by atoms with van der Waals surface area (Å²) in [5, 5.41) is 0. The van der Waals surface area contributed by atoms with E-state index in [2.05, 4.69) is 9.80 Å². The molecule has 0 spiro atoms. The highest BCUT2D eigenvalue weighted by Gasteiger charge is 2.38. The van der Waals surface area contributed by atoms with E-state index in [4.69, 9.17) is 15.5 Å². The molecule has 0 unspecified atom stereocenters. The van der Waals surface area contributed by atoms with E-state index in [1.165, 1.54) is 43.6 Å². The summed E-state index contributed by atoms with van der Waals surface area (Å²) < 4.78 is 5.54. The molecule has 2 N–H and O–H groups in total. The summed E-state index contributed by atoms with van der Waals surface area (Å²) in [6.45, 7) is 6.79. The lowest BCUT2D eigenvalue weighted by atomic mass is 9.80. The van der Waals surface area contributed by atoms with E-state index in [0.717, 1.165) is 51.9 Å². The Balaban J connectivity index is 1.66. The fourth-order valence-electron chi connectivity index (χ4n) is 3.94. The van der Waals surface area contributed by atoms with Crippen LogP contribution in [0, 0.1) is 0 Å². The lowest BCUT2D eigenvalue weighted by molar-refractivity contribution is -0.0333. The molecule has 0 atom stereocenters. The molecule has 0 aromatic heterocycles. The van der Waals surface area contributed by atoms with Crippen molar-refractivity contribution < 1.29 is 4.74 Å². The first-order valence-electron chi connectivity index (χ1n) is 8.76. The molecule has 0 radical (unpaired) electrons. The van der Waals surface area contributed by atoms with Crippen LogP contribution in [0.3, 0.4) is 0 Å². The van der Waals surface area contributed by atoms with Gasteiger partial charge in [0.2, 0.25) is 0 Å². The molecule has 5 nitrogen and oxygen atoms in total. The van der Waals surface area contributed by atoms with Crippen molar-refractivity contribution in [2.24, 2.45) is 10.7 Å². The average Bonchev–Trinajstić information content (AvgIpc) is 2.62. The summed E-state index contributed by atoms with van der Waals surface area (Å²) in [5.41, 5.74) is 6.51. The van der Waals surface area contributed by atoms with E-state index < -0.39 is 0 Å². The van der Waals surface area contributed by atoms with Crippen molar-refractivity contribution in [1.29, 1.82) is 0 Å². The Hall–Kier alpha value is -0.460. The molecular formula is C16H30N4OS. The maximum Gasteiger partial charge on any atom is 0.191 e. The third kappa shape index (κ3) is 3.89. The Morgan fingerprint density at radius 1 is 1.05 bits per heavy atom. The minimum atomic E-state index is 0.233. The molecule has 126 valence electrons. The lowest BCUT2D eigenvalue weighted by Crippen LogP contribution is -2.56. The van der Waals surface area contributed by atoms with Crippen molar-refractivity contribution in [3.63, 3.8) is 0 Å². The van der Waals surface area contributed by atoms with Crippen LogP contribution in [0.2, 0.25) is 0 Å². The summed E-state index contributed by atoms with van der Waals surface area (Å²) in [7, 11) is 0. The highest BCUT2D eigenvalue weighted by Crippen LogP contribution is 2.34. The van der Waals surface area contributed by atoms with Gasteiger partial charge in [0.05, 0.1) is 19.8 Å². The lowest BCUT2D eigenvalue weighted by Gasteiger charge is -2.47. The van der Waals surface area contributed by atoms with E-state index in [-0.39, 0.29) is 5.54 Å². The minimum absolute atomic E-state index is 0.233. The van der Waals surface area contributed by atoms with Gasteiger partial charge in [-0.05, 0) is 12.8 Å². The first-order chi connectivity index (χ1) is 10.8. The highest BCUT2D eigenvalue weighted by atomic mass is 32.2. The molecule has 0 amide bonds. The maximum absolute atomic E-state index is 6.28. The standard InChI is InChI=1S/C16H30N4OS/c17-15(19-8-12-22-13-9-19)18-14-16(4-2-1-3-5-16)20-6-10-21-11-7-20/h1-14H2,(H2,17,18). The molecule has 1 saturated carbocycles. The van der Waals surface area contributed by atoms with Crippen LogP contribution >= 0.6 is 11.8 Å². The Morgan fingerprint density at radius 2 is 1.73 bits per heavy atom. The summed E-state index contributed by atoms with van der Waals surface area (Å²) in [4.78, 5) is 9.74. The van der Waals surface area contributed by atoms with Gasteiger partial charge in [-0.1, -0.05) is 19.3 Å². The van der Waals surface area contributed by atoms with Crippen molar-refractivity contribution in [3.8, 4) is 0 Å². The number of thioether (sulfide) groups is 1. The number of ether oxygens (including phenoxy) is 1. The molecule has 2 heterocycles. The number of nitrogens with zero attached hydrogens (tertiary/aromatic N) is 3. The van der Waals surface area contributed by atoms with Gasteiger partial charge in [-0.25, -0.2) is 0 Å². The number of rotatable bonds is 3. The van der Waals surface area contributed by atoms with Crippen LogP contribution in [0.5, 0.6) is 0 Å². The quantitative estimate of drug-likeness (QED) is 0.627. The SMILES string of the molecule is NC(=NCC1(N2CCOCC2)CCCCC1)N1CCSCC1. The van der Waals surface area contributed by atoms with Gasteiger partial charge in [-0.3, -0.25) is 9.89 Å². The third-order valence-corrected chi connectivity index (χ3v) is 6.28. The molecule has 0 bridgehead atoms. The third-order valence-electron chi connectivity index (χ3n) is 5.34. The summed E-state index contributed by atoms with van der Waals surface area (Å²) in [6.07, 6.45) is 6.55. The molecule has 0 aromatic rings. The zero-order valence-electron chi connectivity index (χ0n) is 13.6. The van der Waals surface area contributed by atoms with Crippen LogP contribution in [-0.4, -0.2) is 78.7 Å². The molecule has 3 fully saturated rings. The van der Waals surface area contributed by atoms with Gasteiger partial charge in [0.25, 0.3) is 0 Å². The van der Waals surface area contributed by atoms with Crippen LogP contribution in [0.1, 0.15) is 32.1 Å². The van der Waals surface area contributed by atoms with Crippen molar-refractivity contribution in [2.75, 3.05) is 57.4 Å². The second-order valence-corrected chi connectivity index (χ2v) is 7.88. The number of nitrogens with two attached hydrogens (primary N) is 1. The van der Waals surface area contributed by atoms with Crippen molar-refractivity contribution in [1.82, 2.24) is 9.80 Å². The molecule has 3 aliphatic rings. The normalized spacial score (nSPS) is 27.8.